The van der Waals surface area contributed by atoms with E-state index in [9.17, 15) is 97.2 Å². The summed E-state index contributed by atoms with van der Waals surface area (Å²) in [6.07, 6.45) is -11.5. The third kappa shape index (κ3) is 12.1. The monoisotopic (exact) mass is 943 g/mol. The van der Waals surface area contributed by atoms with Gasteiger partial charge in [0.05, 0.1) is 44.3 Å². The van der Waals surface area contributed by atoms with Gasteiger partial charge < -0.3 is 18.8 Å². The van der Waals surface area contributed by atoms with Crippen LogP contribution in [0, 0.1) is 11.3 Å². The van der Waals surface area contributed by atoms with Crippen molar-refractivity contribution in [2.45, 2.75) is 91.4 Å². The molecule has 61 heavy (non-hydrogen) atoms. The molecule has 0 saturated heterocycles. The number of nitriles is 1. The molecule has 0 saturated carbocycles. The quantitative estimate of drug-likeness (QED) is 0.0460. The van der Waals surface area contributed by atoms with E-state index in [-0.39, 0.29) is 42.6 Å². The van der Waals surface area contributed by atoms with Crippen molar-refractivity contribution in [2.24, 2.45) is 0 Å². The maximum atomic E-state index is 14.1. The second kappa shape index (κ2) is 20.3. The molecule has 0 spiro atoms. The van der Waals surface area contributed by atoms with Crippen LogP contribution in [-0.2, 0) is 29.2 Å². The molecule has 2 aromatic rings. The molecule has 0 aliphatic carbocycles. The second-order valence-corrected chi connectivity index (χ2v) is 14.0. The SMILES string of the molecule is N#Cc1ccc(-c2ccc(OCCCCCCOC(=O)CC(C(=O)OCCC(F)(F)C(F)(F)C(F)(F)C(F)(F)C(F)(F)C(F)(F)C(F)(F)C(F)(F)F)S(=O)(=O)[O-])cc2)cc1.[Na+]. The number of hydrogen-bond acceptors (Lipinski definition) is 9. The van der Waals surface area contributed by atoms with Crippen LogP contribution in [0.15, 0.2) is 48.5 Å². The summed E-state index contributed by atoms with van der Waals surface area (Å²) >= 11 is 0. The molecule has 0 aliphatic rings. The number of ether oxygens (including phenoxy) is 3. The number of unbranched alkanes of at least 4 members (excludes halogenated alkanes) is 3. The Hall–Kier alpha value is -3.61. The van der Waals surface area contributed by atoms with Crippen molar-refractivity contribution in [3.8, 4) is 22.9 Å². The first-order valence-corrected chi connectivity index (χ1v) is 17.8. The Labute approximate surface area is 355 Å². The summed E-state index contributed by atoms with van der Waals surface area (Å²) in [5, 5.41) is 5.66. The second-order valence-electron chi connectivity index (χ2n) is 12.4. The fraction of sp³-hybridized carbons (Fsp3) is 0.545. The molecule has 2 aromatic carbocycles. The van der Waals surface area contributed by atoms with Gasteiger partial charge in [-0.3, -0.25) is 9.59 Å². The minimum Gasteiger partial charge on any atom is -0.747 e. The largest absolute Gasteiger partial charge is 1.00 e. The Morgan fingerprint density at radius 2 is 1.03 bits per heavy atom. The van der Waals surface area contributed by atoms with Gasteiger partial charge in [-0.1, -0.05) is 24.3 Å². The van der Waals surface area contributed by atoms with E-state index in [1.807, 2.05) is 6.07 Å². The molecule has 0 aliphatic heterocycles. The van der Waals surface area contributed by atoms with E-state index in [2.05, 4.69) is 9.47 Å². The first-order valence-electron chi connectivity index (χ1n) is 16.4. The van der Waals surface area contributed by atoms with Gasteiger partial charge in [-0.2, -0.15) is 79.9 Å². The van der Waals surface area contributed by atoms with E-state index in [1.165, 1.54) is 0 Å². The zero-order chi connectivity index (χ0) is 46.4. The third-order valence-corrected chi connectivity index (χ3v) is 9.24. The van der Waals surface area contributed by atoms with Crippen LogP contribution in [0.25, 0.3) is 11.1 Å². The van der Waals surface area contributed by atoms with Gasteiger partial charge in [0.2, 0.25) is 0 Å². The number of rotatable bonds is 22. The summed E-state index contributed by atoms with van der Waals surface area (Å²) in [5.41, 5.74) is 2.19. The van der Waals surface area contributed by atoms with Gasteiger partial charge in [-0.25, -0.2) is 8.42 Å². The zero-order valence-corrected chi connectivity index (χ0v) is 33.4. The van der Waals surface area contributed by atoms with Gasteiger partial charge in [0.15, 0.2) is 5.25 Å². The van der Waals surface area contributed by atoms with Crippen molar-refractivity contribution in [3.05, 3.63) is 54.1 Å². The van der Waals surface area contributed by atoms with Crippen LogP contribution in [0.5, 0.6) is 5.75 Å². The predicted molar refractivity (Wildman–Crippen MR) is 166 cm³/mol. The normalized spacial score (nSPS) is 14.0. The van der Waals surface area contributed by atoms with Crippen molar-refractivity contribution in [2.75, 3.05) is 19.8 Å². The minimum atomic E-state index is -8.85. The van der Waals surface area contributed by atoms with Crippen LogP contribution in [-0.4, -0.2) is 97.6 Å². The molecule has 0 aromatic heterocycles. The summed E-state index contributed by atoms with van der Waals surface area (Å²) in [5.74, 6) is -62.0. The Morgan fingerprint density at radius 3 is 1.48 bits per heavy atom. The molecule has 0 fully saturated rings. The third-order valence-electron chi connectivity index (χ3n) is 8.18. The zero-order valence-electron chi connectivity index (χ0n) is 30.6. The fourth-order valence-electron chi connectivity index (χ4n) is 4.65. The Bertz CT molecular complexity index is 1940. The van der Waals surface area contributed by atoms with E-state index in [0.717, 1.165) is 11.1 Å². The molecule has 338 valence electrons. The standard InChI is InChI=1S/C33H28F17NO8S.Na/c34-26(35,27(36,37)28(38,39)29(40,41)30(42,43)31(44,45)32(46,47)33(48,49)50)13-16-59-25(53)23(60(54,55)56)17-24(52)58-15-4-2-1-3-14-57-22-11-9-21(10-12-22)20-7-5-19(18-51)6-8-20;/h5-12,23H,1-4,13-17H2,(H,54,55,56);/q;+1/p-1. The Kier molecular flexibility index (Phi) is 18.4. The maximum absolute atomic E-state index is 14.1. The van der Waals surface area contributed by atoms with E-state index in [0.29, 0.717) is 30.6 Å². The number of nitrogens with zero attached hydrogens (tertiary/aromatic N) is 1. The van der Waals surface area contributed by atoms with Crippen LogP contribution >= 0.6 is 0 Å². The van der Waals surface area contributed by atoms with Gasteiger partial charge >= 0.3 is 89.1 Å². The van der Waals surface area contributed by atoms with Crippen molar-refractivity contribution < 1.29 is 141 Å². The van der Waals surface area contributed by atoms with E-state index < -0.39 is 101 Å². The van der Waals surface area contributed by atoms with Gasteiger partial charge in [0.1, 0.15) is 15.9 Å². The van der Waals surface area contributed by atoms with Crippen molar-refractivity contribution >= 4 is 22.1 Å². The molecule has 28 heteroatoms. The number of esters is 2. The molecule has 0 amide bonds. The molecule has 0 radical (unpaired) electrons. The number of carbonyl (C=O) groups is 2. The van der Waals surface area contributed by atoms with Crippen LogP contribution in [0.4, 0.5) is 74.6 Å². The molecule has 0 bridgehead atoms. The Balaban J connectivity index is 0.0000186. The average molecular weight is 944 g/mol. The van der Waals surface area contributed by atoms with Gasteiger partial charge in [0, 0.05) is 0 Å². The predicted octanol–water partition coefficient (Wildman–Crippen LogP) is 5.96. The van der Waals surface area contributed by atoms with Crippen molar-refractivity contribution in [1.29, 1.82) is 5.26 Å². The molecule has 1 atom stereocenters. The number of carbonyl (C=O) groups excluding carboxylic acids is 2. The average Bonchev–Trinajstić information content (AvgIpc) is 3.13. The summed E-state index contributed by atoms with van der Waals surface area (Å²) in [4.78, 5) is 24.1. The number of hydrogen-bond donors (Lipinski definition) is 0. The first-order chi connectivity index (χ1) is 27.1. The molecule has 9 nitrogen and oxygen atoms in total. The smallest absolute Gasteiger partial charge is 0.747 e. The molecular weight excluding hydrogens is 916 g/mol. The molecule has 1 unspecified atom stereocenters. The van der Waals surface area contributed by atoms with Gasteiger partial charge in [-0.05, 0) is 61.1 Å². The molecule has 0 N–H and O–H groups in total. The van der Waals surface area contributed by atoms with Crippen LogP contribution < -0.4 is 34.3 Å². The van der Waals surface area contributed by atoms with Crippen LogP contribution in [0.3, 0.4) is 0 Å². The summed E-state index contributed by atoms with van der Waals surface area (Å²) in [6.45, 7) is -2.76. The maximum Gasteiger partial charge on any atom is 1.00 e. The first kappa shape index (κ1) is 55.4. The van der Waals surface area contributed by atoms with Crippen LogP contribution in [0.1, 0.15) is 44.1 Å². The minimum absolute atomic E-state index is 0. The van der Waals surface area contributed by atoms with E-state index >= 15 is 0 Å². The summed E-state index contributed by atoms with van der Waals surface area (Å²) in [6, 6.07) is 15.8. The molecule has 2 rings (SSSR count). The number of benzene rings is 2. The molecule has 0 heterocycles. The van der Waals surface area contributed by atoms with E-state index in [1.54, 1.807) is 48.5 Å². The fourth-order valence-corrected chi connectivity index (χ4v) is 5.30. The van der Waals surface area contributed by atoms with Crippen molar-refractivity contribution in [3.63, 3.8) is 0 Å². The summed E-state index contributed by atoms with van der Waals surface area (Å²) < 4.78 is 276. The number of halogens is 17. The van der Waals surface area contributed by atoms with Crippen molar-refractivity contribution in [1.82, 2.24) is 0 Å². The number of alkyl halides is 17. The van der Waals surface area contributed by atoms with Crippen LogP contribution in [0.2, 0.25) is 0 Å². The van der Waals surface area contributed by atoms with Gasteiger partial charge in [-0.15, -0.1) is 0 Å². The topological polar surface area (TPSA) is 143 Å². The van der Waals surface area contributed by atoms with Gasteiger partial charge in [0.25, 0.3) is 0 Å². The summed E-state index contributed by atoms with van der Waals surface area (Å²) in [7, 11) is -6.04. The molecular formula is C33H27F17NNaO8S. The Morgan fingerprint density at radius 1 is 0.607 bits per heavy atom. The van der Waals surface area contributed by atoms with E-state index in [4.69, 9.17) is 10.00 Å².